The molecule has 0 bridgehead atoms. The van der Waals surface area contributed by atoms with Gasteiger partial charge in [-0.25, -0.2) is 9.37 Å². The molecular formula is C14H13ClFN3O. The molecule has 2 aromatic rings. The molecule has 104 valence electrons. The highest BCUT2D eigenvalue weighted by Gasteiger charge is 2.03. The van der Waals surface area contributed by atoms with E-state index in [4.69, 9.17) is 11.6 Å². The van der Waals surface area contributed by atoms with Gasteiger partial charge in [0.05, 0.1) is 16.9 Å². The van der Waals surface area contributed by atoms with Crippen molar-refractivity contribution in [1.82, 2.24) is 4.98 Å². The molecule has 0 radical (unpaired) electrons. The van der Waals surface area contributed by atoms with Crippen molar-refractivity contribution in [2.75, 3.05) is 10.6 Å². The molecular weight excluding hydrogens is 281 g/mol. The van der Waals surface area contributed by atoms with Crippen LogP contribution < -0.4 is 10.6 Å². The van der Waals surface area contributed by atoms with Gasteiger partial charge in [0.2, 0.25) is 5.91 Å². The van der Waals surface area contributed by atoms with Crippen LogP contribution in [0, 0.1) is 5.82 Å². The van der Waals surface area contributed by atoms with Gasteiger partial charge in [-0.05, 0) is 30.3 Å². The fourth-order valence-corrected chi connectivity index (χ4v) is 1.69. The Balaban J connectivity index is 2.06. The number of aromatic nitrogens is 1. The number of benzene rings is 1. The molecule has 0 fully saturated rings. The van der Waals surface area contributed by atoms with Gasteiger partial charge < -0.3 is 10.6 Å². The summed E-state index contributed by atoms with van der Waals surface area (Å²) in [5, 5.41) is 5.73. The highest BCUT2D eigenvalue weighted by atomic mass is 35.5. The van der Waals surface area contributed by atoms with E-state index in [0.717, 1.165) is 0 Å². The van der Waals surface area contributed by atoms with Crippen molar-refractivity contribution in [3.8, 4) is 0 Å². The molecule has 0 unspecified atom stereocenters. The van der Waals surface area contributed by atoms with E-state index in [2.05, 4.69) is 15.6 Å². The van der Waals surface area contributed by atoms with Crippen LogP contribution in [-0.2, 0) is 4.79 Å². The van der Waals surface area contributed by atoms with Crippen molar-refractivity contribution in [2.24, 2.45) is 0 Å². The van der Waals surface area contributed by atoms with Crippen LogP contribution in [0.25, 0.3) is 0 Å². The lowest BCUT2D eigenvalue weighted by Gasteiger charge is -2.08. The molecule has 4 nitrogen and oxygen atoms in total. The van der Waals surface area contributed by atoms with Crippen molar-refractivity contribution in [3.05, 3.63) is 47.4 Å². The van der Waals surface area contributed by atoms with Gasteiger partial charge in [0.1, 0.15) is 11.6 Å². The molecule has 0 atom stereocenters. The smallest absolute Gasteiger partial charge is 0.224 e. The highest BCUT2D eigenvalue weighted by Crippen LogP contribution is 2.22. The van der Waals surface area contributed by atoms with Gasteiger partial charge in [-0.15, -0.1) is 0 Å². The summed E-state index contributed by atoms with van der Waals surface area (Å²) in [5.41, 5.74) is 1.26. The highest BCUT2D eigenvalue weighted by molar-refractivity contribution is 6.31. The van der Waals surface area contributed by atoms with Gasteiger partial charge in [-0.1, -0.05) is 18.5 Å². The molecule has 0 saturated heterocycles. The summed E-state index contributed by atoms with van der Waals surface area (Å²) in [6, 6.07) is 7.76. The van der Waals surface area contributed by atoms with Crippen molar-refractivity contribution in [2.45, 2.75) is 13.3 Å². The minimum absolute atomic E-state index is 0.0434. The predicted octanol–water partition coefficient (Wildman–Crippen LogP) is 3.97. The number of nitrogens with one attached hydrogen (secondary N) is 2. The summed E-state index contributed by atoms with van der Waals surface area (Å²) in [6.07, 6.45) is 1.95. The lowest BCUT2D eigenvalue weighted by Crippen LogP contribution is -2.09. The quantitative estimate of drug-likeness (QED) is 0.897. The van der Waals surface area contributed by atoms with Crippen LogP contribution in [0.3, 0.4) is 0 Å². The molecule has 20 heavy (non-hydrogen) atoms. The second-order valence-corrected chi connectivity index (χ2v) is 4.49. The Bertz CT molecular complexity index is 616. The largest absolute Gasteiger partial charge is 0.340 e. The van der Waals surface area contributed by atoms with E-state index in [-0.39, 0.29) is 10.9 Å². The Morgan fingerprint density at radius 3 is 2.65 bits per heavy atom. The summed E-state index contributed by atoms with van der Waals surface area (Å²) < 4.78 is 13.0. The molecule has 0 spiro atoms. The number of halogens is 2. The van der Waals surface area contributed by atoms with Crippen molar-refractivity contribution in [1.29, 1.82) is 0 Å². The zero-order valence-electron chi connectivity index (χ0n) is 10.8. The number of carbonyl (C=O) groups excluding carboxylic acids is 1. The van der Waals surface area contributed by atoms with Gasteiger partial charge >= 0.3 is 0 Å². The lowest BCUT2D eigenvalue weighted by molar-refractivity contribution is -0.115. The van der Waals surface area contributed by atoms with E-state index >= 15 is 0 Å². The van der Waals surface area contributed by atoms with Gasteiger partial charge in [0.25, 0.3) is 0 Å². The Hall–Kier alpha value is -2.14. The molecule has 1 aromatic carbocycles. The number of carbonyl (C=O) groups is 1. The summed E-state index contributed by atoms with van der Waals surface area (Å²) in [5.74, 6) is 0.0304. The van der Waals surface area contributed by atoms with Crippen LogP contribution in [0.4, 0.5) is 21.6 Å². The number of rotatable bonds is 4. The molecule has 2 N–H and O–H groups in total. The summed E-state index contributed by atoms with van der Waals surface area (Å²) in [6.45, 7) is 1.77. The van der Waals surface area contributed by atoms with Crippen LogP contribution in [-0.4, -0.2) is 10.9 Å². The normalized spacial score (nSPS) is 10.2. The third-order valence-corrected chi connectivity index (χ3v) is 2.85. The van der Waals surface area contributed by atoms with E-state index in [1.54, 1.807) is 31.3 Å². The van der Waals surface area contributed by atoms with Gasteiger partial charge in [0, 0.05) is 12.1 Å². The van der Waals surface area contributed by atoms with E-state index in [0.29, 0.717) is 23.6 Å². The number of amides is 1. The average molecular weight is 294 g/mol. The summed E-state index contributed by atoms with van der Waals surface area (Å²) >= 11 is 5.70. The number of anilines is 3. The molecule has 6 heteroatoms. The van der Waals surface area contributed by atoms with Crippen LogP contribution in [0.1, 0.15) is 13.3 Å². The van der Waals surface area contributed by atoms with Crippen molar-refractivity contribution >= 4 is 34.7 Å². The zero-order valence-corrected chi connectivity index (χ0v) is 11.5. The Kier molecular flexibility index (Phi) is 4.53. The minimum Gasteiger partial charge on any atom is -0.340 e. The standard InChI is InChI=1S/C14H13ClFN3O/c1-2-14(20)19-10-4-6-13(17-8-10)18-9-3-5-12(16)11(15)7-9/h3-8H,2H2,1H3,(H,17,18)(H,19,20). The summed E-state index contributed by atoms with van der Waals surface area (Å²) in [7, 11) is 0. The first-order valence-corrected chi connectivity index (χ1v) is 6.44. The maximum Gasteiger partial charge on any atom is 0.224 e. The zero-order chi connectivity index (χ0) is 14.5. The molecule has 2 rings (SSSR count). The van der Waals surface area contributed by atoms with Gasteiger partial charge in [-0.3, -0.25) is 4.79 Å². The third kappa shape index (κ3) is 3.68. The fraction of sp³-hybridized carbons (Fsp3) is 0.143. The molecule has 1 aromatic heterocycles. The summed E-state index contributed by atoms with van der Waals surface area (Å²) in [4.78, 5) is 15.4. The molecule has 0 aliphatic heterocycles. The number of hydrogen-bond acceptors (Lipinski definition) is 3. The molecule has 0 aliphatic carbocycles. The monoisotopic (exact) mass is 293 g/mol. The van der Waals surface area contributed by atoms with E-state index < -0.39 is 5.82 Å². The maximum atomic E-state index is 13.0. The topological polar surface area (TPSA) is 54.0 Å². The first-order chi connectivity index (χ1) is 9.58. The second kappa shape index (κ2) is 6.34. The fourth-order valence-electron chi connectivity index (χ4n) is 1.51. The van der Waals surface area contributed by atoms with Crippen LogP contribution >= 0.6 is 11.6 Å². The second-order valence-electron chi connectivity index (χ2n) is 4.09. The first-order valence-electron chi connectivity index (χ1n) is 6.06. The lowest BCUT2D eigenvalue weighted by atomic mass is 10.3. The maximum absolute atomic E-state index is 13.0. The third-order valence-electron chi connectivity index (χ3n) is 2.56. The average Bonchev–Trinajstić information content (AvgIpc) is 2.45. The van der Waals surface area contributed by atoms with Gasteiger partial charge in [-0.2, -0.15) is 0 Å². The van der Waals surface area contributed by atoms with Crippen LogP contribution in [0.15, 0.2) is 36.5 Å². The van der Waals surface area contributed by atoms with E-state index in [1.165, 1.54) is 12.1 Å². The van der Waals surface area contributed by atoms with Gasteiger partial charge in [0.15, 0.2) is 0 Å². The van der Waals surface area contributed by atoms with Crippen LogP contribution in [0.5, 0.6) is 0 Å². The van der Waals surface area contributed by atoms with Crippen LogP contribution in [0.2, 0.25) is 5.02 Å². The first kappa shape index (κ1) is 14.3. The Morgan fingerprint density at radius 1 is 1.30 bits per heavy atom. The Labute approximate surface area is 121 Å². The number of pyridine rings is 1. The predicted molar refractivity (Wildman–Crippen MR) is 77.9 cm³/mol. The molecule has 0 aliphatic rings. The van der Waals surface area contributed by atoms with Crippen molar-refractivity contribution < 1.29 is 9.18 Å². The SMILES string of the molecule is CCC(=O)Nc1ccc(Nc2ccc(F)c(Cl)c2)nc1. The number of hydrogen-bond donors (Lipinski definition) is 2. The minimum atomic E-state index is -0.470. The van der Waals surface area contributed by atoms with Crippen molar-refractivity contribution in [3.63, 3.8) is 0 Å². The van der Waals surface area contributed by atoms with E-state index in [9.17, 15) is 9.18 Å². The molecule has 1 amide bonds. The molecule has 0 saturated carbocycles. The number of nitrogens with zero attached hydrogens (tertiary/aromatic N) is 1. The van der Waals surface area contributed by atoms with E-state index in [1.807, 2.05) is 0 Å². The molecule has 1 heterocycles. The Morgan fingerprint density at radius 2 is 2.05 bits per heavy atom.